The van der Waals surface area contributed by atoms with E-state index in [1.54, 1.807) is 31.2 Å². The van der Waals surface area contributed by atoms with Crippen LogP contribution in [0.15, 0.2) is 65.8 Å². The van der Waals surface area contributed by atoms with E-state index < -0.39 is 22.9 Å². The monoisotopic (exact) mass is 456 g/mol. The van der Waals surface area contributed by atoms with Crippen molar-refractivity contribution in [2.45, 2.75) is 23.4 Å². The Labute approximate surface area is 185 Å². The highest BCUT2D eigenvalue weighted by atomic mass is 32.2. The number of aromatic nitrogens is 1. The lowest BCUT2D eigenvalue weighted by molar-refractivity contribution is -0.137. The molecule has 32 heavy (non-hydrogen) atoms. The summed E-state index contributed by atoms with van der Waals surface area (Å²) < 4.78 is 38.0. The fourth-order valence-electron chi connectivity index (χ4n) is 3.27. The molecule has 1 atom stereocenters. The minimum Gasteiger partial charge on any atom is -0.325 e. The molecule has 5 nitrogen and oxygen atoms in total. The molecule has 0 saturated carbocycles. The summed E-state index contributed by atoms with van der Waals surface area (Å²) in [6.07, 6.45) is -3.76. The van der Waals surface area contributed by atoms with Crippen LogP contribution in [0.1, 0.15) is 44.3 Å². The molecule has 1 aliphatic carbocycles. The van der Waals surface area contributed by atoms with Gasteiger partial charge in [-0.15, -0.1) is 0 Å². The number of nitrogens with one attached hydrogen (secondary N) is 1. The molecule has 1 aliphatic rings. The summed E-state index contributed by atoms with van der Waals surface area (Å²) in [4.78, 5) is 41.8. The van der Waals surface area contributed by atoms with Crippen LogP contribution in [0, 0.1) is 0 Å². The summed E-state index contributed by atoms with van der Waals surface area (Å²) in [6, 6.07) is 13.1. The van der Waals surface area contributed by atoms with Crippen molar-refractivity contribution in [2.75, 3.05) is 5.32 Å². The first-order valence-corrected chi connectivity index (χ1v) is 10.4. The predicted octanol–water partition coefficient (Wildman–Crippen LogP) is 5.00. The summed E-state index contributed by atoms with van der Waals surface area (Å²) in [5, 5.41) is 2.27. The number of amides is 1. The molecule has 0 spiro atoms. The molecule has 2 aromatic carbocycles. The van der Waals surface area contributed by atoms with Crippen LogP contribution in [0.4, 0.5) is 18.9 Å². The van der Waals surface area contributed by atoms with Crippen LogP contribution >= 0.6 is 11.8 Å². The van der Waals surface area contributed by atoms with Gasteiger partial charge in [-0.1, -0.05) is 36.0 Å². The molecular weight excluding hydrogens is 441 g/mol. The molecule has 0 saturated heterocycles. The molecule has 1 unspecified atom stereocenters. The van der Waals surface area contributed by atoms with Gasteiger partial charge in [0.05, 0.1) is 15.8 Å². The average Bonchev–Trinajstić information content (AvgIpc) is 2.77. The number of nitrogens with zero attached hydrogens (tertiary/aromatic N) is 1. The minimum absolute atomic E-state index is 0.205. The SMILES string of the molecule is CC(Sc1ccc(C(F)(F)F)cn1)C(=O)Nc1ccc2c(c1)C(=O)c1ccccc1C2=O. The molecule has 0 fully saturated rings. The summed E-state index contributed by atoms with van der Waals surface area (Å²) in [5.41, 5.74) is 0.594. The molecule has 0 aliphatic heterocycles. The molecule has 4 rings (SSSR count). The molecule has 1 heterocycles. The number of halogens is 3. The lowest BCUT2D eigenvalue weighted by atomic mass is 9.84. The Bertz CT molecular complexity index is 1240. The van der Waals surface area contributed by atoms with Gasteiger partial charge in [-0.05, 0) is 37.3 Å². The molecule has 3 aromatic rings. The first-order chi connectivity index (χ1) is 15.1. The quantitative estimate of drug-likeness (QED) is 0.438. The zero-order valence-corrected chi connectivity index (χ0v) is 17.4. The van der Waals surface area contributed by atoms with Crippen molar-refractivity contribution < 1.29 is 27.6 Å². The Hall–Kier alpha value is -3.46. The number of fused-ring (bicyclic) bond motifs is 2. The van der Waals surface area contributed by atoms with Crippen molar-refractivity contribution in [2.24, 2.45) is 0 Å². The van der Waals surface area contributed by atoms with Crippen LogP contribution < -0.4 is 5.32 Å². The number of rotatable bonds is 4. The second-order valence-corrected chi connectivity index (χ2v) is 8.46. The van der Waals surface area contributed by atoms with E-state index in [-0.39, 0.29) is 27.7 Å². The van der Waals surface area contributed by atoms with Crippen LogP contribution in [-0.2, 0) is 11.0 Å². The zero-order chi connectivity index (χ0) is 23.0. The predicted molar refractivity (Wildman–Crippen MR) is 113 cm³/mol. The van der Waals surface area contributed by atoms with Gasteiger partial charge in [0.1, 0.15) is 0 Å². The summed E-state index contributed by atoms with van der Waals surface area (Å²) in [5.74, 6) is -0.986. The van der Waals surface area contributed by atoms with E-state index in [4.69, 9.17) is 0 Å². The van der Waals surface area contributed by atoms with Crippen molar-refractivity contribution in [3.8, 4) is 0 Å². The van der Waals surface area contributed by atoms with Crippen molar-refractivity contribution in [3.63, 3.8) is 0 Å². The first-order valence-electron chi connectivity index (χ1n) is 9.48. The number of carbonyl (C=O) groups excluding carboxylic acids is 3. The third kappa shape index (κ3) is 4.16. The largest absolute Gasteiger partial charge is 0.417 e. The van der Waals surface area contributed by atoms with E-state index in [1.807, 2.05) is 0 Å². The Kier molecular flexibility index (Phi) is 5.60. The highest BCUT2D eigenvalue weighted by Crippen LogP contribution is 2.31. The minimum atomic E-state index is -4.48. The Morgan fingerprint density at radius 3 is 2.16 bits per heavy atom. The standard InChI is InChI=1S/C23H15F3N2O3S/c1-12(32-19-9-6-13(11-27-19)23(24,25)26)22(31)28-14-7-8-17-18(10-14)21(30)16-5-3-2-4-15(16)20(17)29/h2-12H,1H3,(H,28,31). The normalized spacial score (nSPS) is 13.9. The van der Waals surface area contributed by atoms with Crippen LogP contribution in [0.5, 0.6) is 0 Å². The van der Waals surface area contributed by atoms with Gasteiger partial charge in [-0.25, -0.2) is 4.98 Å². The number of benzene rings is 2. The summed E-state index contributed by atoms with van der Waals surface area (Å²) >= 11 is 0.999. The van der Waals surface area contributed by atoms with Gasteiger partial charge in [0.2, 0.25) is 5.91 Å². The van der Waals surface area contributed by atoms with Gasteiger partial charge < -0.3 is 5.32 Å². The van der Waals surface area contributed by atoms with E-state index in [1.165, 1.54) is 24.3 Å². The maximum absolute atomic E-state index is 12.8. The van der Waals surface area contributed by atoms with Crippen molar-refractivity contribution >= 4 is 34.9 Å². The topological polar surface area (TPSA) is 76.1 Å². The Balaban J connectivity index is 1.48. The van der Waals surface area contributed by atoms with Crippen LogP contribution in [0.2, 0.25) is 0 Å². The number of anilines is 1. The van der Waals surface area contributed by atoms with Gasteiger partial charge in [-0.2, -0.15) is 13.2 Å². The number of hydrogen-bond acceptors (Lipinski definition) is 5. The lowest BCUT2D eigenvalue weighted by Gasteiger charge is -2.18. The first kappa shape index (κ1) is 21.8. The lowest BCUT2D eigenvalue weighted by Crippen LogP contribution is -2.24. The Morgan fingerprint density at radius 2 is 1.56 bits per heavy atom. The number of hydrogen-bond donors (Lipinski definition) is 1. The molecule has 1 amide bonds. The summed E-state index contributed by atoms with van der Waals surface area (Å²) in [6.45, 7) is 1.59. The van der Waals surface area contributed by atoms with E-state index in [0.717, 1.165) is 24.0 Å². The third-order valence-corrected chi connectivity index (χ3v) is 5.97. The second kappa shape index (κ2) is 8.23. The number of alkyl halides is 3. The molecule has 0 bridgehead atoms. The molecule has 1 aromatic heterocycles. The fourth-order valence-corrected chi connectivity index (χ4v) is 4.06. The Morgan fingerprint density at radius 1 is 0.938 bits per heavy atom. The number of carbonyl (C=O) groups is 3. The van der Waals surface area contributed by atoms with Gasteiger partial charge in [-0.3, -0.25) is 14.4 Å². The number of thioether (sulfide) groups is 1. The molecule has 1 N–H and O–H groups in total. The molecular formula is C23H15F3N2O3S. The van der Waals surface area contributed by atoms with Crippen LogP contribution in [0.3, 0.4) is 0 Å². The molecule has 0 radical (unpaired) electrons. The van der Waals surface area contributed by atoms with Crippen molar-refractivity contribution in [3.05, 3.63) is 88.6 Å². The van der Waals surface area contributed by atoms with Gasteiger partial charge >= 0.3 is 6.18 Å². The maximum atomic E-state index is 12.8. The van der Waals surface area contributed by atoms with Crippen molar-refractivity contribution in [1.29, 1.82) is 0 Å². The highest BCUT2D eigenvalue weighted by molar-refractivity contribution is 8.00. The van der Waals surface area contributed by atoms with Gasteiger partial charge in [0.25, 0.3) is 0 Å². The number of pyridine rings is 1. The molecule has 162 valence electrons. The fraction of sp³-hybridized carbons (Fsp3) is 0.130. The van der Waals surface area contributed by atoms with E-state index in [9.17, 15) is 27.6 Å². The van der Waals surface area contributed by atoms with E-state index >= 15 is 0 Å². The second-order valence-electron chi connectivity index (χ2n) is 7.10. The zero-order valence-electron chi connectivity index (χ0n) is 16.6. The highest BCUT2D eigenvalue weighted by Gasteiger charge is 2.31. The number of ketones is 2. The van der Waals surface area contributed by atoms with E-state index in [2.05, 4.69) is 10.3 Å². The van der Waals surface area contributed by atoms with E-state index in [0.29, 0.717) is 16.8 Å². The summed E-state index contributed by atoms with van der Waals surface area (Å²) in [7, 11) is 0. The smallest absolute Gasteiger partial charge is 0.325 e. The third-order valence-electron chi connectivity index (χ3n) is 4.92. The van der Waals surface area contributed by atoms with Gasteiger partial charge in [0, 0.05) is 34.1 Å². The van der Waals surface area contributed by atoms with Crippen LogP contribution in [0.25, 0.3) is 0 Å². The molecule has 9 heteroatoms. The van der Waals surface area contributed by atoms with Crippen LogP contribution in [-0.4, -0.2) is 27.7 Å². The average molecular weight is 456 g/mol. The van der Waals surface area contributed by atoms with Gasteiger partial charge in [0.15, 0.2) is 11.6 Å². The maximum Gasteiger partial charge on any atom is 0.417 e. The van der Waals surface area contributed by atoms with Crippen molar-refractivity contribution in [1.82, 2.24) is 4.98 Å².